The van der Waals surface area contributed by atoms with E-state index in [0.717, 1.165) is 19.7 Å². The first kappa shape index (κ1) is 11.8. The first-order valence-electron chi connectivity index (χ1n) is 6.97. The Bertz CT molecular complexity index is 419. The van der Waals surface area contributed by atoms with E-state index in [-0.39, 0.29) is 0 Å². The van der Waals surface area contributed by atoms with Crippen molar-refractivity contribution in [3.63, 3.8) is 0 Å². The summed E-state index contributed by atoms with van der Waals surface area (Å²) in [4.78, 5) is 2.50. The zero-order valence-electron chi connectivity index (χ0n) is 11.1. The first-order valence-corrected chi connectivity index (χ1v) is 6.97. The number of anilines is 2. The quantitative estimate of drug-likeness (QED) is 0.887. The summed E-state index contributed by atoms with van der Waals surface area (Å²) in [7, 11) is 1.80. The maximum atomic E-state index is 5.26. The Hall–Kier alpha value is -1.22. The molecular formula is C15H22N2O. The molecule has 1 aromatic rings. The molecule has 2 aliphatic heterocycles. The molecule has 0 bridgehead atoms. The molecule has 0 radical (unpaired) electrons. The van der Waals surface area contributed by atoms with Crippen LogP contribution < -0.4 is 10.2 Å². The summed E-state index contributed by atoms with van der Waals surface area (Å²) in [5, 5.41) is 3.47. The largest absolute Gasteiger partial charge is 0.385 e. The van der Waals surface area contributed by atoms with Crippen LogP contribution in [0.25, 0.3) is 0 Å². The second kappa shape index (κ2) is 5.19. The van der Waals surface area contributed by atoms with Gasteiger partial charge in [-0.15, -0.1) is 0 Å². The Morgan fingerprint density at radius 2 is 2.39 bits per heavy atom. The second-order valence-electron chi connectivity index (χ2n) is 5.43. The van der Waals surface area contributed by atoms with Crippen molar-refractivity contribution in [2.24, 2.45) is 5.92 Å². The predicted octanol–water partition coefficient (Wildman–Crippen LogP) is 2.52. The van der Waals surface area contributed by atoms with Crippen LogP contribution in [-0.2, 0) is 11.2 Å². The van der Waals surface area contributed by atoms with E-state index in [9.17, 15) is 0 Å². The number of rotatable bonds is 3. The highest BCUT2D eigenvalue weighted by Gasteiger charge is 2.23. The number of methoxy groups -OCH3 is 1. The summed E-state index contributed by atoms with van der Waals surface area (Å²) in [6.07, 6.45) is 3.72. The van der Waals surface area contributed by atoms with Crippen molar-refractivity contribution in [2.45, 2.75) is 19.3 Å². The molecule has 0 spiro atoms. The predicted molar refractivity (Wildman–Crippen MR) is 75.4 cm³/mol. The summed E-state index contributed by atoms with van der Waals surface area (Å²) < 4.78 is 5.26. The van der Waals surface area contributed by atoms with Gasteiger partial charge in [0.2, 0.25) is 0 Å². The van der Waals surface area contributed by atoms with E-state index in [4.69, 9.17) is 4.74 Å². The van der Waals surface area contributed by atoms with Gasteiger partial charge in [0, 0.05) is 44.0 Å². The van der Waals surface area contributed by atoms with E-state index in [2.05, 4.69) is 28.4 Å². The molecule has 3 nitrogen and oxygen atoms in total. The SMILES string of the molecule is COCC1CCN(c2ccc3c(c2)CCCN3)C1. The van der Waals surface area contributed by atoms with E-state index >= 15 is 0 Å². The molecule has 18 heavy (non-hydrogen) atoms. The summed E-state index contributed by atoms with van der Waals surface area (Å²) in [5.74, 6) is 0.698. The summed E-state index contributed by atoms with van der Waals surface area (Å²) in [6.45, 7) is 4.31. The average Bonchev–Trinajstić information content (AvgIpc) is 2.87. The molecule has 0 aliphatic carbocycles. The van der Waals surface area contributed by atoms with Crippen molar-refractivity contribution in [3.05, 3.63) is 23.8 Å². The maximum absolute atomic E-state index is 5.26. The Balaban J connectivity index is 1.73. The van der Waals surface area contributed by atoms with E-state index in [1.807, 2.05) is 0 Å². The van der Waals surface area contributed by atoms with Crippen molar-refractivity contribution in [3.8, 4) is 0 Å². The lowest BCUT2D eigenvalue weighted by Gasteiger charge is -2.23. The van der Waals surface area contributed by atoms with Crippen molar-refractivity contribution < 1.29 is 4.74 Å². The third-order valence-electron chi connectivity index (χ3n) is 4.08. The molecule has 2 aliphatic rings. The van der Waals surface area contributed by atoms with Gasteiger partial charge in [-0.1, -0.05) is 0 Å². The normalized spacial score (nSPS) is 22.7. The van der Waals surface area contributed by atoms with E-state index in [1.54, 1.807) is 7.11 Å². The topological polar surface area (TPSA) is 24.5 Å². The Morgan fingerprint density at radius 1 is 1.44 bits per heavy atom. The van der Waals surface area contributed by atoms with Crippen LogP contribution in [0.4, 0.5) is 11.4 Å². The van der Waals surface area contributed by atoms with Gasteiger partial charge in [0.1, 0.15) is 0 Å². The van der Waals surface area contributed by atoms with Crippen LogP contribution in [0.3, 0.4) is 0 Å². The van der Waals surface area contributed by atoms with Crippen LogP contribution in [0, 0.1) is 5.92 Å². The van der Waals surface area contributed by atoms with Crippen molar-refractivity contribution in [1.29, 1.82) is 0 Å². The Labute approximate surface area is 109 Å². The number of hydrogen-bond acceptors (Lipinski definition) is 3. The highest BCUT2D eigenvalue weighted by molar-refractivity contribution is 5.62. The lowest BCUT2D eigenvalue weighted by molar-refractivity contribution is 0.161. The fourth-order valence-corrected chi connectivity index (χ4v) is 3.10. The number of ether oxygens (including phenoxy) is 1. The van der Waals surface area contributed by atoms with Crippen molar-refractivity contribution in [2.75, 3.05) is 43.6 Å². The molecule has 0 amide bonds. The summed E-state index contributed by atoms with van der Waals surface area (Å²) in [5.41, 5.74) is 4.20. The molecule has 1 atom stereocenters. The monoisotopic (exact) mass is 246 g/mol. The molecular weight excluding hydrogens is 224 g/mol. The van der Waals surface area contributed by atoms with Crippen LogP contribution in [0.2, 0.25) is 0 Å². The van der Waals surface area contributed by atoms with E-state index in [1.165, 1.54) is 42.7 Å². The van der Waals surface area contributed by atoms with Gasteiger partial charge in [-0.3, -0.25) is 0 Å². The number of benzene rings is 1. The number of nitrogens with zero attached hydrogens (tertiary/aromatic N) is 1. The summed E-state index contributed by atoms with van der Waals surface area (Å²) in [6, 6.07) is 6.87. The van der Waals surface area contributed by atoms with Gasteiger partial charge in [0.05, 0.1) is 6.61 Å². The van der Waals surface area contributed by atoms with Crippen LogP contribution >= 0.6 is 0 Å². The van der Waals surface area contributed by atoms with Gasteiger partial charge in [-0.05, 0) is 43.0 Å². The van der Waals surface area contributed by atoms with Gasteiger partial charge in [-0.25, -0.2) is 0 Å². The lowest BCUT2D eigenvalue weighted by Crippen LogP contribution is -2.21. The molecule has 0 aromatic heterocycles. The fourth-order valence-electron chi connectivity index (χ4n) is 3.10. The minimum Gasteiger partial charge on any atom is -0.385 e. The molecule has 1 fully saturated rings. The average molecular weight is 246 g/mol. The lowest BCUT2D eigenvalue weighted by atomic mass is 10.0. The fraction of sp³-hybridized carbons (Fsp3) is 0.600. The molecule has 0 saturated carbocycles. The molecule has 1 saturated heterocycles. The molecule has 1 aromatic carbocycles. The molecule has 3 rings (SSSR count). The molecule has 3 heteroatoms. The smallest absolute Gasteiger partial charge is 0.0508 e. The second-order valence-corrected chi connectivity index (χ2v) is 5.43. The van der Waals surface area contributed by atoms with Gasteiger partial charge in [-0.2, -0.15) is 0 Å². The van der Waals surface area contributed by atoms with Gasteiger partial charge in [0.25, 0.3) is 0 Å². The van der Waals surface area contributed by atoms with E-state index in [0.29, 0.717) is 5.92 Å². The highest BCUT2D eigenvalue weighted by Crippen LogP contribution is 2.30. The maximum Gasteiger partial charge on any atom is 0.0508 e. The number of fused-ring (bicyclic) bond motifs is 1. The minimum atomic E-state index is 0.698. The summed E-state index contributed by atoms with van der Waals surface area (Å²) >= 11 is 0. The zero-order chi connectivity index (χ0) is 12.4. The zero-order valence-corrected chi connectivity index (χ0v) is 11.1. The van der Waals surface area contributed by atoms with Crippen LogP contribution in [0.1, 0.15) is 18.4 Å². The third-order valence-corrected chi connectivity index (χ3v) is 4.08. The van der Waals surface area contributed by atoms with Gasteiger partial charge in [0.15, 0.2) is 0 Å². The van der Waals surface area contributed by atoms with Gasteiger partial charge < -0.3 is 15.0 Å². The molecule has 98 valence electrons. The van der Waals surface area contributed by atoms with Crippen LogP contribution in [-0.4, -0.2) is 33.4 Å². The van der Waals surface area contributed by atoms with Gasteiger partial charge >= 0.3 is 0 Å². The van der Waals surface area contributed by atoms with Crippen LogP contribution in [0.15, 0.2) is 18.2 Å². The minimum absolute atomic E-state index is 0.698. The van der Waals surface area contributed by atoms with E-state index < -0.39 is 0 Å². The standard InChI is InChI=1S/C15H22N2O/c1-18-11-12-6-8-17(10-12)14-4-5-15-13(9-14)3-2-7-16-15/h4-5,9,12,16H,2-3,6-8,10-11H2,1H3. The van der Waals surface area contributed by atoms with Crippen molar-refractivity contribution in [1.82, 2.24) is 0 Å². The molecule has 1 N–H and O–H groups in total. The Morgan fingerprint density at radius 3 is 3.28 bits per heavy atom. The van der Waals surface area contributed by atoms with Crippen molar-refractivity contribution >= 4 is 11.4 Å². The number of aryl methyl sites for hydroxylation is 1. The first-order chi connectivity index (χ1) is 8.86. The Kier molecular flexibility index (Phi) is 3.41. The van der Waals surface area contributed by atoms with Crippen LogP contribution in [0.5, 0.6) is 0 Å². The molecule has 2 heterocycles. The highest BCUT2D eigenvalue weighted by atomic mass is 16.5. The number of hydrogen-bond donors (Lipinski definition) is 1. The number of nitrogens with one attached hydrogen (secondary N) is 1. The molecule has 1 unspecified atom stereocenters. The third kappa shape index (κ3) is 2.32.